The Balaban J connectivity index is 2.65. The number of aryl methyl sites for hydroxylation is 1. The molecule has 1 heterocycles. The normalized spacial score (nSPS) is 11.5. The maximum Gasteiger partial charge on any atom is 0.0480 e. The average molecular weight is 202 g/mol. The van der Waals surface area contributed by atoms with E-state index in [9.17, 15) is 0 Å². The molecule has 0 fully saturated rings. The van der Waals surface area contributed by atoms with Crippen LogP contribution in [0.15, 0.2) is 24.3 Å². The van der Waals surface area contributed by atoms with Crippen LogP contribution in [-0.4, -0.2) is 4.57 Å². The molecule has 0 atom stereocenters. The lowest BCUT2D eigenvalue weighted by atomic mass is 10.1. The number of aromatic nitrogens is 1. The summed E-state index contributed by atoms with van der Waals surface area (Å²) in [6.07, 6.45) is 0. The van der Waals surface area contributed by atoms with E-state index < -0.39 is 0 Å². The number of hydrogen-bond donors (Lipinski definition) is 1. The highest BCUT2D eigenvalue weighted by molar-refractivity contribution is 5.82. The molecule has 1 aromatic heterocycles. The van der Waals surface area contributed by atoms with Gasteiger partial charge in [-0.3, -0.25) is 0 Å². The molecule has 0 aliphatic carbocycles. The fraction of sp³-hybridized carbons (Fsp3) is 0.385. The van der Waals surface area contributed by atoms with Gasteiger partial charge < -0.3 is 10.3 Å². The third-order valence-electron chi connectivity index (χ3n) is 2.97. The van der Waals surface area contributed by atoms with E-state index in [4.69, 9.17) is 5.73 Å². The first-order valence-electron chi connectivity index (χ1n) is 5.41. The summed E-state index contributed by atoms with van der Waals surface area (Å²) >= 11 is 0. The molecule has 80 valence electrons. The SMILES string of the molecule is CC(C)c1cc2cc(CN)ccc2n1C. The van der Waals surface area contributed by atoms with Gasteiger partial charge in [-0.1, -0.05) is 19.9 Å². The highest BCUT2D eigenvalue weighted by Gasteiger charge is 2.08. The predicted octanol–water partition coefficient (Wildman–Crippen LogP) is 2.76. The summed E-state index contributed by atoms with van der Waals surface area (Å²) < 4.78 is 2.26. The van der Waals surface area contributed by atoms with E-state index in [0.29, 0.717) is 12.5 Å². The fourth-order valence-electron chi connectivity index (χ4n) is 2.10. The molecule has 2 heteroatoms. The van der Waals surface area contributed by atoms with E-state index in [2.05, 4.69) is 49.7 Å². The van der Waals surface area contributed by atoms with Crippen LogP contribution in [-0.2, 0) is 13.6 Å². The number of nitrogens with zero attached hydrogens (tertiary/aromatic N) is 1. The van der Waals surface area contributed by atoms with E-state index in [1.165, 1.54) is 22.2 Å². The first kappa shape index (κ1) is 10.2. The minimum absolute atomic E-state index is 0.559. The zero-order valence-electron chi connectivity index (χ0n) is 9.62. The Labute approximate surface area is 90.7 Å². The fourth-order valence-corrected chi connectivity index (χ4v) is 2.10. The van der Waals surface area contributed by atoms with Gasteiger partial charge in [0.25, 0.3) is 0 Å². The van der Waals surface area contributed by atoms with Gasteiger partial charge in [-0.15, -0.1) is 0 Å². The second-order valence-electron chi connectivity index (χ2n) is 4.38. The van der Waals surface area contributed by atoms with Crippen LogP contribution in [0.4, 0.5) is 0 Å². The molecule has 2 N–H and O–H groups in total. The average Bonchev–Trinajstić information content (AvgIpc) is 2.55. The van der Waals surface area contributed by atoms with Gasteiger partial charge in [0.05, 0.1) is 0 Å². The predicted molar refractivity (Wildman–Crippen MR) is 64.9 cm³/mol. The molecular formula is C13H18N2. The molecular weight excluding hydrogens is 184 g/mol. The molecule has 0 aliphatic rings. The van der Waals surface area contributed by atoms with Crippen molar-refractivity contribution in [2.75, 3.05) is 0 Å². The summed E-state index contributed by atoms with van der Waals surface area (Å²) in [6, 6.07) is 8.70. The van der Waals surface area contributed by atoms with Crippen LogP contribution in [0, 0.1) is 0 Å². The number of hydrogen-bond acceptors (Lipinski definition) is 1. The van der Waals surface area contributed by atoms with Crippen molar-refractivity contribution < 1.29 is 0 Å². The standard InChI is InChI=1S/C13H18N2/c1-9(2)13-7-11-6-10(8-14)4-5-12(11)15(13)3/h4-7,9H,8,14H2,1-3H3. The summed E-state index contributed by atoms with van der Waals surface area (Å²) in [6.45, 7) is 5.05. The zero-order chi connectivity index (χ0) is 11.0. The lowest BCUT2D eigenvalue weighted by Crippen LogP contribution is -1.98. The lowest BCUT2D eigenvalue weighted by Gasteiger charge is -2.06. The maximum absolute atomic E-state index is 5.64. The highest BCUT2D eigenvalue weighted by Crippen LogP contribution is 2.24. The van der Waals surface area contributed by atoms with E-state index in [1.54, 1.807) is 0 Å². The third kappa shape index (κ3) is 1.65. The number of rotatable bonds is 2. The molecule has 0 saturated heterocycles. The number of benzene rings is 1. The Bertz CT molecular complexity index is 480. The number of fused-ring (bicyclic) bond motifs is 1. The molecule has 0 bridgehead atoms. The second-order valence-corrected chi connectivity index (χ2v) is 4.38. The zero-order valence-corrected chi connectivity index (χ0v) is 9.62. The Morgan fingerprint density at radius 3 is 2.60 bits per heavy atom. The summed E-state index contributed by atoms with van der Waals surface area (Å²) in [4.78, 5) is 0. The molecule has 0 amide bonds. The van der Waals surface area contributed by atoms with Crippen molar-refractivity contribution in [2.24, 2.45) is 12.8 Å². The van der Waals surface area contributed by atoms with Gasteiger partial charge in [0.2, 0.25) is 0 Å². The molecule has 0 spiro atoms. The summed E-state index contributed by atoms with van der Waals surface area (Å²) in [5.74, 6) is 0.559. The molecule has 0 radical (unpaired) electrons. The van der Waals surface area contributed by atoms with Crippen LogP contribution >= 0.6 is 0 Å². The number of nitrogens with two attached hydrogens (primary N) is 1. The van der Waals surface area contributed by atoms with Crippen LogP contribution in [0.3, 0.4) is 0 Å². The summed E-state index contributed by atoms with van der Waals surface area (Å²) in [5.41, 5.74) is 9.50. The molecule has 0 aliphatic heterocycles. The molecule has 0 saturated carbocycles. The molecule has 15 heavy (non-hydrogen) atoms. The highest BCUT2D eigenvalue weighted by atomic mass is 14.9. The first-order chi connectivity index (χ1) is 7.13. The smallest absolute Gasteiger partial charge is 0.0480 e. The van der Waals surface area contributed by atoms with Gasteiger partial charge in [-0.2, -0.15) is 0 Å². The Hall–Kier alpha value is -1.28. The summed E-state index contributed by atoms with van der Waals surface area (Å²) in [7, 11) is 2.12. The topological polar surface area (TPSA) is 30.9 Å². The van der Waals surface area contributed by atoms with Crippen LogP contribution in [0.5, 0.6) is 0 Å². The van der Waals surface area contributed by atoms with Gasteiger partial charge in [0, 0.05) is 30.2 Å². The van der Waals surface area contributed by atoms with Gasteiger partial charge in [0.1, 0.15) is 0 Å². The molecule has 0 unspecified atom stereocenters. The van der Waals surface area contributed by atoms with Crippen molar-refractivity contribution in [2.45, 2.75) is 26.3 Å². The monoisotopic (exact) mass is 202 g/mol. The minimum Gasteiger partial charge on any atom is -0.347 e. The van der Waals surface area contributed by atoms with Crippen LogP contribution in [0.1, 0.15) is 31.0 Å². The molecule has 2 rings (SSSR count). The Morgan fingerprint density at radius 1 is 1.27 bits per heavy atom. The van der Waals surface area contributed by atoms with Crippen LogP contribution in [0.25, 0.3) is 10.9 Å². The van der Waals surface area contributed by atoms with Gasteiger partial charge in [-0.25, -0.2) is 0 Å². The van der Waals surface area contributed by atoms with Crippen molar-refractivity contribution in [3.8, 4) is 0 Å². The van der Waals surface area contributed by atoms with E-state index in [-0.39, 0.29) is 0 Å². The van der Waals surface area contributed by atoms with Gasteiger partial charge >= 0.3 is 0 Å². The van der Waals surface area contributed by atoms with Crippen molar-refractivity contribution in [1.29, 1.82) is 0 Å². The molecule has 1 aromatic carbocycles. The van der Waals surface area contributed by atoms with Crippen molar-refractivity contribution in [3.05, 3.63) is 35.5 Å². The largest absolute Gasteiger partial charge is 0.347 e. The van der Waals surface area contributed by atoms with Crippen LogP contribution < -0.4 is 5.73 Å². The molecule has 2 aromatic rings. The third-order valence-corrected chi connectivity index (χ3v) is 2.97. The Morgan fingerprint density at radius 2 is 2.00 bits per heavy atom. The summed E-state index contributed by atoms with van der Waals surface area (Å²) in [5, 5.41) is 1.30. The van der Waals surface area contributed by atoms with Gasteiger partial charge in [-0.05, 0) is 29.7 Å². The Kier molecular flexibility index (Phi) is 2.53. The van der Waals surface area contributed by atoms with E-state index in [1.807, 2.05) is 0 Å². The maximum atomic E-state index is 5.64. The van der Waals surface area contributed by atoms with Crippen molar-refractivity contribution >= 4 is 10.9 Å². The van der Waals surface area contributed by atoms with Crippen molar-refractivity contribution in [3.63, 3.8) is 0 Å². The van der Waals surface area contributed by atoms with E-state index >= 15 is 0 Å². The van der Waals surface area contributed by atoms with Crippen molar-refractivity contribution in [1.82, 2.24) is 4.57 Å². The lowest BCUT2D eigenvalue weighted by molar-refractivity contribution is 0.755. The minimum atomic E-state index is 0.559. The first-order valence-corrected chi connectivity index (χ1v) is 5.41. The van der Waals surface area contributed by atoms with E-state index in [0.717, 1.165) is 0 Å². The van der Waals surface area contributed by atoms with Crippen LogP contribution in [0.2, 0.25) is 0 Å². The quantitative estimate of drug-likeness (QED) is 0.797. The van der Waals surface area contributed by atoms with Gasteiger partial charge in [0.15, 0.2) is 0 Å². The molecule has 2 nitrogen and oxygen atoms in total. The second kappa shape index (κ2) is 3.70.